The van der Waals surface area contributed by atoms with Gasteiger partial charge < -0.3 is 11.1 Å². The van der Waals surface area contributed by atoms with Gasteiger partial charge in [-0.15, -0.1) is 0 Å². The topological polar surface area (TPSA) is 38.0 Å². The fraction of sp³-hybridized carbons (Fsp3) is 0.455. The molecular formula is C11H15FN2. The zero-order valence-corrected chi connectivity index (χ0v) is 8.47. The highest BCUT2D eigenvalue weighted by Gasteiger charge is 2.39. The summed E-state index contributed by atoms with van der Waals surface area (Å²) in [6, 6.07) is 5.30. The smallest absolute Gasteiger partial charge is 0.146 e. The number of halogens is 1. The van der Waals surface area contributed by atoms with Crippen molar-refractivity contribution in [2.75, 3.05) is 11.9 Å². The summed E-state index contributed by atoms with van der Waals surface area (Å²) in [5.74, 6) is -0.188. The lowest BCUT2D eigenvalue weighted by atomic mass is 9.81. The van der Waals surface area contributed by atoms with Crippen LogP contribution < -0.4 is 11.1 Å². The third kappa shape index (κ3) is 1.12. The fourth-order valence-corrected chi connectivity index (χ4v) is 2.10. The van der Waals surface area contributed by atoms with Crippen LogP contribution in [0.5, 0.6) is 0 Å². The summed E-state index contributed by atoms with van der Waals surface area (Å²) in [6.07, 6.45) is 0. The minimum absolute atomic E-state index is 0.0911. The average Bonchev–Trinajstić information content (AvgIpc) is 2.40. The van der Waals surface area contributed by atoms with E-state index in [4.69, 9.17) is 5.73 Å². The summed E-state index contributed by atoms with van der Waals surface area (Å²) in [6.45, 7) is 4.69. The van der Waals surface area contributed by atoms with E-state index in [0.29, 0.717) is 12.2 Å². The van der Waals surface area contributed by atoms with Gasteiger partial charge in [-0.1, -0.05) is 26.0 Å². The molecule has 3 heteroatoms. The number of hydrogen-bond acceptors (Lipinski definition) is 2. The van der Waals surface area contributed by atoms with Gasteiger partial charge in [0.2, 0.25) is 0 Å². The first kappa shape index (κ1) is 9.46. The minimum Gasteiger partial charge on any atom is -0.378 e. The Kier molecular flexibility index (Phi) is 2.00. The Balaban J connectivity index is 2.54. The van der Waals surface area contributed by atoms with E-state index in [1.54, 1.807) is 6.07 Å². The lowest BCUT2D eigenvalue weighted by Gasteiger charge is -2.26. The number of benzene rings is 1. The van der Waals surface area contributed by atoms with Crippen LogP contribution in [0.3, 0.4) is 0 Å². The summed E-state index contributed by atoms with van der Waals surface area (Å²) in [7, 11) is 0. The van der Waals surface area contributed by atoms with Crippen LogP contribution in [0.2, 0.25) is 0 Å². The number of anilines is 1. The van der Waals surface area contributed by atoms with Crippen molar-refractivity contribution in [2.45, 2.75) is 25.3 Å². The Morgan fingerprint density at radius 2 is 2.21 bits per heavy atom. The first-order chi connectivity index (χ1) is 6.57. The van der Waals surface area contributed by atoms with E-state index in [2.05, 4.69) is 19.2 Å². The number of nitrogens with one attached hydrogen (secondary N) is 1. The molecular weight excluding hydrogens is 179 g/mol. The number of nitrogens with two attached hydrogens (primary N) is 1. The predicted molar refractivity (Wildman–Crippen MR) is 55.9 cm³/mol. The Morgan fingerprint density at radius 3 is 2.79 bits per heavy atom. The Hall–Kier alpha value is -1.09. The highest BCUT2D eigenvalue weighted by atomic mass is 19.1. The van der Waals surface area contributed by atoms with E-state index in [-0.39, 0.29) is 17.3 Å². The quantitative estimate of drug-likeness (QED) is 0.716. The summed E-state index contributed by atoms with van der Waals surface area (Å²) >= 11 is 0. The summed E-state index contributed by atoms with van der Waals surface area (Å²) in [4.78, 5) is 0. The van der Waals surface area contributed by atoms with Crippen molar-refractivity contribution in [1.29, 1.82) is 0 Å². The molecule has 3 N–H and O–H groups in total. The average molecular weight is 194 g/mol. The maximum Gasteiger partial charge on any atom is 0.146 e. The van der Waals surface area contributed by atoms with Crippen molar-refractivity contribution in [3.8, 4) is 0 Å². The van der Waals surface area contributed by atoms with Gasteiger partial charge in [0.1, 0.15) is 5.82 Å². The second-order valence-electron chi connectivity index (χ2n) is 4.32. The number of rotatable bonds is 1. The Bertz CT molecular complexity index is 360. The zero-order chi connectivity index (χ0) is 10.3. The van der Waals surface area contributed by atoms with E-state index in [0.717, 1.165) is 5.56 Å². The van der Waals surface area contributed by atoms with Gasteiger partial charge in [0.05, 0.1) is 5.69 Å². The molecule has 0 saturated heterocycles. The summed E-state index contributed by atoms with van der Waals surface area (Å²) < 4.78 is 13.4. The second-order valence-corrected chi connectivity index (χ2v) is 4.32. The molecule has 0 unspecified atom stereocenters. The molecule has 0 radical (unpaired) electrons. The molecule has 1 atom stereocenters. The molecule has 0 aliphatic carbocycles. The molecule has 1 aromatic carbocycles. The van der Waals surface area contributed by atoms with Crippen molar-refractivity contribution < 1.29 is 4.39 Å². The van der Waals surface area contributed by atoms with E-state index < -0.39 is 0 Å². The first-order valence-electron chi connectivity index (χ1n) is 4.83. The molecule has 0 spiro atoms. The van der Waals surface area contributed by atoms with Crippen LogP contribution >= 0.6 is 0 Å². The van der Waals surface area contributed by atoms with Crippen molar-refractivity contribution in [3.05, 3.63) is 29.6 Å². The van der Waals surface area contributed by atoms with Crippen molar-refractivity contribution >= 4 is 5.69 Å². The molecule has 2 rings (SSSR count). The molecule has 1 aliphatic heterocycles. The number of para-hydroxylation sites is 1. The van der Waals surface area contributed by atoms with Crippen LogP contribution in [0.15, 0.2) is 18.2 Å². The van der Waals surface area contributed by atoms with Crippen molar-refractivity contribution in [1.82, 2.24) is 0 Å². The summed E-state index contributed by atoms with van der Waals surface area (Å²) in [5.41, 5.74) is 7.20. The van der Waals surface area contributed by atoms with Gasteiger partial charge in [-0.25, -0.2) is 4.39 Å². The molecule has 14 heavy (non-hydrogen) atoms. The monoisotopic (exact) mass is 194 g/mol. The van der Waals surface area contributed by atoms with Gasteiger partial charge >= 0.3 is 0 Å². The third-order valence-electron chi connectivity index (χ3n) is 3.13. The van der Waals surface area contributed by atoms with Crippen LogP contribution in [0.4, 0.5) is 10.1 Å². The molecule has 0 aromatic heterocycles. The standard InChI is InChI=1S/C11H15FN2/c1-11(2)7-4-3-5-8(12)10(7)14-9(11)6-13/h3-5,9,14H,6,13H2,1-2H3/t9-/m1/s1. The van der Waals surface area contributed by atoms with Gasteiger partial charge in [-0.05, 0) is 11.6 Å². The van der Waals surface area contributed by atoms with Crippen LogP contribution in [-0.2, 0) is 5.41 Å². The molecule has 76 valence electrons. The van der Waals surface area contributed by atoms with Gasteiger partial charge in [-0.3, -0.25) is 0 Å². The predicted octanol–water partition coefficient (Wildman–Crippen LogP) is 1.86. The first-order valence-corrected chi connectivity index (χ1v) is 4.83. The molecule has 1 heterocycles. The van der Waals surface area contributed by atoms with Crippen LogP contribution in [0.1, 0.15) is 19.4 Å². The lowest BCUT2D eigenvalue weighted by Crippen LogP contribution is -2.39. The summed E-state index contributed by atoms with van der Waals surface area (Å²) in [5, 5.41) is 3.14. The highest BCUT2D eigenvalue weighted by molar-refractivity contribution is 5.62. The van der Waals surface area contributed by atoms with Gasteiger partial charge in [0.15, 0.2) is 0 Å². The molecule has 0 bridgehead atoms. The van der Waals surface area contributed by atoms with E-state index in [1.165, 1.54) is 6.07 Å². The highest BCUT2D eigenvalue weighted by Crippen LogP contribution is 2.41. The van der Waals surface area contributed by atoms with Gasteiger partial charge in [0.25, 0.3) is 0 Å². The molecule has 0 fully saturated rings. The number of hydrogen-bond donors (Lipinski definition) is 2. The van der Waals surface area contributed by atoms with E-state index >= 15 is 0 Å². The normalized spacial score (nSPS) is 23.0. The van der Waals surface area contributed by atoms with E-state index in [9.17, 15) is 4.39 Å². The van der Waals surface area contributed by atoms with Gasteiger partial charge in [0, 0.05) is 18.0 Å². The molecule has 1 aliphatic rings. The van der Waals surface area contributed by atoms with Crippen LogP contribution in [0, 0.1) is 5.82 Å². The SMILES string of the molecule is CC1(C)c2cccc(F)c2N[C@@H]1CN. The largest absolute Gasteiger partial charge is 0.378 e. The van der Waals surface area contributed by atoms with Crippen LogP contribution in [-0.4, -0.2) is 12.6 Å². The molecule has 0 saturated carbocycles. The third-order valence-corrected chi connectivity index (χ3v) is 3.13. The molecule has 2 nitrogen and oxygen atoms in total. The number of fused-ring (bicyclic) bond motifs is 1. The van der Waals surface area contributed by atoms with Crippen molar-refractivity contribution in [3.63, 3.8) is 0 Å². The lowest BCUT2D eigenvalue weighted by molar-refractivity contribution is 0.466. The van der Waals surface area contributed by atoms with Crippen molar-refractivity contribution in [2.24, 2.45) is 5.73 Å². The van der Waals surface area contributed by atoms with Gasteiger partial charge in [-0.2, -0.15) is 0 Å². The Labute approximate surface area is 83.3 Å². The maximum atomic E-state index is 13.4. The maximum absolute atomic E-state index is 13.4. The molecule has 1 aromatic rings. The Morgan fingerprint density at radius 1 is 1.50 bits per heavy atom. The van der Waals surface area contributed by atoms with Crippen LogP contribution in [0.25, 0.3) is 0 Å². The zero-order valence-electron chi connectivity index (χ0n) is 8.47. The second kappa shape index (κ2) is 2.95. The van der Waals surface area contributed by atoms with E-state index in [1.807, 2.05) is 6.07 Å². The molecule has 0 amide bonds. The fourth-order valence-electron chi connectivity index (χ4n) is 2.10. The minimum atomic E-state index is -0.188.